The summed E-state index contributed by atoms with van der Waals surface area (Å²) < 4.78 is 11.7. The molecule has 3 rings (SSSR count). The predicted octanol–water partition coefficient (Wildman–Crippen LogP) is 3.32. The van der Waals surface area contributed by atoms with Gasteiger partial charge in [0.05, 0.1) is 6.61 Å². The Kier molecular flexibility index (Phi) is 6.62. The number of ether oxygens (including phenoxy) is 2. The Morgan fingerprint density at radius 1 is 0.808 bits per heavy atom. The monoisotopic (exact) mass is 349 g/mol. The molecule has 0 aliphatic carbocycles. The van der Waals surface area contributed by atoms with Gasteiger partial charge in [0.25, 0.3) is 0 Å². The van der Waals surface area contributed by atoms with Crippen LogP contribution in [0.1, 0.15) is 23.6 Å². The third-order valence-electron chi connectivity index (χ3n) is 4.03. The summed E-state index contributed by atoms with van der Waals surface area (Å²) in [6, 6.07) is 20.4. The van der Waals surface area contributed by atoms with Crippen LogP contribution < -0.4 is 14.8 Å². The number of nitrogens with zero attached hydrogens (tertiary/aromatic N) is 1. The summed E-state index contributed by atoms with van der Waals surface area (Å²) in [6.07, 6.45) is 3.70. The second kappa shape index (κ2) is 9.59. The van der Waals surface area contributed by atoms with E-state index in [1.807, 2.05) is 43.5 Å². The van der Waals surface area contributed by atoms with Crippen LogP contribution in [0.25, 0.3) is 0 Å². The van der Waals surface area contributed by atoms with Crippen LogP contribution in [0.5, 0.6) is 11.5 Å². The minimum atomic E-state index is 0.535. The van der Waals surface area contributed by atoms with E-state index < -0.39 is 0 Å². The second-order valence-corrected chi connectivity index (χ2v) is 6.05. The minimum absolute atomic E-state index is 0.535. The number of nitrogens with two attached hydrogens (primary N) is 1. The highest BCUT2D eigenvalue weighted by molar-refractivity contribution is 5.43. The molecular weight excluding hydrogens is 324 g/mol. The van der Waals surface area contributed by atoms with Crippen LogP contribution >= 0.6 is 0 Å². The van der Waals surface area contributed by atoms with E-state index >= 15 is 0 Å². The number of rotatable bonds is 9. The second-order valence-electron chi connectivity index (χ2n) is 6.05. The van der Waals surface area contributed by atoms with Crippen molar-refractivity contribution < 1.29 is 14.8 Å². The van der Waals surface area contributed by atoms with Crippen molar-refractivity contribution in [3.63, 3.8) is 0 Å². The van der Waals surface area contributed by atoms with Gasteiger partial charge in [-0.15, -0.1) is 0 Å². The van der Waals surface area contributed by atoms with Crippen molar-refractivity contribution in [2.24, 2.45) is 0 Å². The van der Waals surface area contributed by atoms with E-state index in [9.17, 15) is 0 Å². The zero-order chi connectivity index (χ0) is 18.0. The normalized spacial score (nSPS) is 10.5. The van der Waals surface area contributed by atoms with Crippen LogP contribution in [0.3, 0.4) is 0 Å². The average Bonchev–Trinajstić information content (AvgIpc) is 2.69. The number of benzene rings is 2. The van der Waals surface area contributed by atoms with Gasteiger partial charge in [0.2, 0.25) is 0 Å². The molecule has 0 radical (unpaired) electrons. The molecule has 0 aliphatic heterocycles. The van der Waals surface area contributed by atoms with Crippen molar-refractivity contribution in [3.8, 4) is 11.5 Å². The minimum Gasteiger partial charge on any atom is -0.490 e. The van der Waals surface area contributed by atoms with Crippen LogP contribution in [0.15, 0.2) is 73.1 Å². The maximum Gasteiger partial charge on any atom is 0.161 e. The Bertz CT molecular complexity index is 792. The quantitative estimate of drug-likeness (QED) is 0.645. The molecule has 0 saturated carbocycles. The van der Waals surface area contributed by atoms with Gasteiger partial charge in [-0.05, 0) is 36.8 Å². The lowest BCUT2D eigenvalue weighted by atomic mass is 10.2. The molecule has 1 aromatic heterocycles. The molecule has 0 unspecified atom stereocenters. The average molecular weight is 349 g/mol. The van der Waals surface area contributed by atoms with Crippen molar-refractivity contribution in [1.82, 2.24) is 4.98 Å². The summed E-state index contributed by atoms with van der Waals surface area (Å²) in [5.41, 5.74) is 3.58. The summed E-state index contributed by atoms with van der Waals surface area (Å²) in [5, 5.41) is 2.26. The lowest BCUT2D eigenvalue weighted by Gasteiger charge is -2.13. The standard InChI is InChI=1S/C22H24N2O2/c1-2-25-22-13-19(14-24-16-20-9-6-12-23-15-20)10-11-21(22)26-17-18-7-4-3-5-8-18/h3-13,15,24H,2,14,16-17H2,1H3/p+1. The van der Waals surface area contributed by atoms with E-state index in [-0.39, 0.29) is 0 Å². The van der Waals surface area contributed by atoms with Gasteiger partial charge < -0.3 is 14.8 Å². The van der Waals surface area contributed by atoms with Crippen LogP contribution in [-0.2, 0) is 19.7 Å². The molecule has 0 aliphatic rings. The first-order chi connectivity index (χ1) is 12.8. The number of pyridine rings is 1. The fourth-order valence-electron chi connectivity index (χ4n) is 2.73. The molecule has 2 aromatic carbocycles. The molecule has 26 heavy (non-hydrogen) atoms. The fraction of sp³-hybridized carbons (Fsp3) is 0.227. The summed E-state index contributed by atoms with van der Waals surface area (Å²) in [6.45, 7) is 4.93. The Morgan fingerprint density at radius 2 is 1.62 bits per heavy atom. The molecule has 0 atom stereocenters. The Hall–Kier alpha value is -2.85. The molecule has 134 valence electrons. The van der Waals surface area contributed by atoms with Crippen LogP contribution in [-0.4, -0.2) is 11.6 Å². The third kappa shape index (κ3) is 5.33. The van der Waals surface area contributed by atoms with E-state index in [1.165, 1.54) is 11.1 Å². The predicted molar refractivity (Wildman–Crippen MR) is 102 cm³/mol. The molecule has 0 bridgehead atoms. The molecule has 0 spiro atoms. The number of hydrogen-bond donors (Lipinski definition) is 1. The molecule has 0 saturated heterocycles. The summed E-state index contributed by atoms with van der Waals surface area (Å²) in [7, 11) is 0. The maximum absolute atomic E-state index is 5.96. The highest BCUT2D eigenvalue weighted by Crippen LogP contribution is 2.29. The number of aromatic nitrogens is 1. The van der Waals surface area contributed by atoms with Crippen LogP contribution in [0.2, 0.25) is 0 Å². The summed E-state index contributed by atoms with van der Waals surface area (Å²) in [4.78, 5) is 4.15. The Labute approximate surface area is 154 Å². The first kappa shape index (κ1) is 18.0. The van der Waals surface area contributed by atoms with Crippen LogP contribution in [0.4, 0.5) is 0 Å². The van der Waals surface area contributed by atoms with Crippen molar-refractivity contribution in [2.75, 3.05) is 6.61 Å². The first-order valence-electron chi connectivity index (χ1n) is 8.98. The molecule has 4 nitrogen and oxygen atoms in total. The Morgan fingerprint density at radius 3 is 2.38 bits per heavy atom. The SMILES string of the molecule is CCOc1cc(C[NH2+]Cc2cccnc2)ccc1OCc1ccccc1. The first-order valence-corrected chi connectivity index (χ1v) is 8.98. The van der Waals surface area contributed by atoms with E-state index in [1.54, 1.807) is 6.20 Å². The number of quaternary nitrogens is 1. The van der Waals surface area contributed by atoms with Gasteiger partial charge in [0.15, 0.2) is 11.5 Å². The molecule has 0 fully saturated rings. The van der Waals surface area contributed by atoms with Crippen LogP contribution in [0, 0.1) is 0 Å². The zero-order valence-corrected chi connectivity index (χ0v) is 15.1. The molecular formula is C22H25N2O2+. The molecule has 2 N–H and O–H groups in total. The van der Waals surface area contributed by atoms with Gasteiger partial charge in [0, 0.05) is 23.5 Å². The van der Waals surface area contributed by atoms with Crippen molar-refractivity contribution >= 4 is 0 Å². The molecule has 1 heterocycles. The van der Waals surface area contributed by atoms with E-state index in [0.717, 1.165) is 30.2 Å². The summed E-state index contributed by atoms with van der Waals surface area (Å²) >= 11 is 0. The zero-order valence-electron chi connectivity index (χ0n) is 15.1. The van der Waals surface area contributed by atoms with Gasteiger partial charge in [0.1, 0.15) is 19.7 Å². The maximum atomic E-state index is 5.96. The fourth-order valence-corrected chi connectivity index (χ4v) is 2.73. The number of hydrogen-bond acceptors (Lipinski definition) is 3. The van der Waals surface area contributed by atoms with E-state index in [0.29, 0.717) is 13.2 Å². The van der Waals surface area contributed by atoms with Gasteiger partial charge in [-0.2, -0.15) is 0 Å². The van der Waals surface area contributed by atoms with Gasteiger partial charge >= 0.3 is 0 Å². The smallest absolute Gasteiger partial charge is 0.161 e. The molecule has 0 amide bonds. The van der Waals surface area contributed by atoms with Gasteiger partial charge in [-0.3, -0.25) is 4.98 Å². The lowest BCUT2D eigenvalue weighted by molar-refractivity contribution is -0.686. The summed E-state index contributed by atoms with van der Waals surface area (Å²) in [5.74, 6) is 1.59. The van der Waals surface area contributed by atoms with Gasteiger partial charge in [-0.25, -0.2) is 0 Å². The topological polar surface area (TPSA) is 48.0 Å². The lowest BCUT2D eigenvalue weighted by Crippen LogP contribution is -2.80. The van der Waals surface area contributed by atoms with Gasteiger partial charge in [-0.1, -0.05) is 36.4 Å². The van der Waals surface area contributed by atoms with Crippen molar-refractivity contribution in [2.45, 2.75) is 26.6 Å². The largest absolute Gasteiger partial charge is 0.490 e. The highest BCUT2D eigenvalue weighted by Gasteiger charge is 2.08. The van der Waals surface area contributed by atoms with Crippen molar-refractivity contribution in [1.29, 1.82) is 0 Å². The molecule has 4 heteroatoms. The van der Waals surface area contributed by atoms with Crippen molar-refractivity contribution in [3.05, 3.63) is 89.7 Å². The van der Waals surface area contributed by atoms with E-state index in [4.69, 9.17) is 9.47 Å². The van der Waals surface area contributed by atoms with E-state index in [2.05, 4.69) is 40.6 Å². The third-order valence-corrected chi connectivity index (χ3v) is 4.03. The molecule has 3 aromatic rings. The highest BCUT2D eigenvalue weighted by atomic mass is 16.5. The Balaban J connectivity index is 1.60.